The van der Waals surface area contributed by atoms with Crippen LogP contribution in [0, 0.1) is 20.2 Å². The predicted molar refractivity (Wildman–Crippen MR) is 83.0 cm³/mol. The normalized spacial score (nSPS) is 10.0. The van der Waals surface area contributed by atoms with Crippen LogP contribution in [0.2, 0.25) is 0 Å². The highest BCUT2D eigenvalue weighted by Crippen LogP contribution is 2.37. The molecule has 2 N–H and O–H groups in total. The van der Waals surface area contributed by atoms with Crippen LogP contribution >= 0.6 is 0 Å². The lowest BCUT2D eigenvalue weighted by Gasteiger charge is -2.13. The van der Waals surface area contributed by atoms with Gasteiger partial charge < -0.3 is 15.2 Å². The minimum absolute atomic E-state index is 0.277. The Morgan fingerprint density at radius 3 is 2.38 bits per heavy atom. The second kappa shape index (κ2) is 6.60. The summed E-state index contributed by atoms with van der Waals surface area (Å²) in [4.78, 5) is 31.7. The summed E-state index contributed by atoms with van der Waals surface area (Å²) >= 11 is 0. The Labute approximate surface area is 134 Å². The number of non-ortho nitro benzene ring substituents is 1. The SMILES string of the molecule is COc1ccccc1Nc1c(C(=O)O)cc([N+](=O)[O-])cc1[N+](=O)[O-]. The molecule has 0 unspecified atom stereocenters. The molecule has 0 amide bonds. The van der Waals surface area contributed by atoms with E-state index in [1.807, 2.05) is 0 Å². The molecule has 124 valence electrons. The number of nitro benzene ring substituents is 2. The smallest absolute Gasteiger partial charge is 0.338 e. The van der Waals surface area contributed by atoms with Crippen LogP contribution in [0.1, 0.15) is 10.4 Å². The second-order valence-electron chi connectivity index (χ2n) is 4.53. The Morgan fingerprint density at radius 2 is 1.83 bits per heavy atom. The summed E-state index contributed by atoms with van der Waals surface area (Å²) in [6, 6.07) is 7.82. The summed E-state index contributed by atoms with van der Waals surface area (Å²) in [5.41, 5.74) is -2.11. The van der Waals surface area contributed by atoms with Gasteiger partial charge in [0.25, 0.3) is 11.4 Å². The molecule has 0 heterocycles. The number of methoxy groups -OCH3 is 1. The molecule has 0 aliphatic carbocycles. The molecule has 10 nitrogen and oxygen atoms in total. The van der Waals surface area contributed by atoms with Crippen LogP contribution in [0.3, 0.4) is 0 Å². The Kier molecular flexibility index (Phi) is 4.59. The van der Waals surface area contributed by atoms with Crippen molar-refractivity contribution in [3.8, 4) is 5.75 Å². The minimum Gasteiger partial charge on any atom is -0.495 e. The summed E-state index contributed by atoms with van der Waals surface area (Å²) in [6.45, 7) is 0. The molecule has 0 saturated carbocycles. The van der Waals surface area contributed by atoms with Gasteiger partial charge >= 0.3 is 5.97 Å². The first-order valence-corrected chi connectivity index (χ1v) is 6.45. The van der Waals surface area contributed by atoms with E-state index in [-0.39, 0.29) is 11.4 Å². The zero-order valence-electron chi connectivity index (χ0n) is 12.3. The van der Waals surface area contributed by atoms with Crippen LogP contribution < -0.4 is 10.1 Å². The number of hydrogen-bond donors (Lipinski definition) is 2. The molecule has 2 aromatic carbocycles. The third kappa shape index (κ3) is 3.21. The Balaban J connectivity index is 2.69. The highest BCUT2D eigenvalue weighted by atomic mass is 16.6. The number of carboxylic acid groups (broad SMARTS) is 1. The lowest BCUT2D eigenvalue weighted by atomic mass is 10.1. The van der Waals surface area contributed by atoms with E-state index >= 15 is 0 Å². The summed E-state index contributed by atoms with van der Waals surface area (Å²) in [5, 5.41) is 34.0. The quantitative estimate of drug-likeness (QED) is 0.606. The van der Waals surface area contributed by atoms with Crippen molar-refractivity contribution in [2.75, 3.05) is 12.4 Å². The van der Waals surface area contributed by atoms with Crippen molar-refractivity contribution in [3.63, 3.8) is 0 Å². The largest absolute Gasteiger partial charge is 0.495 e. The van der Waals surface area contributed by atoms with Crippen LogP contribution in [0.5, 0.6) is 5.75 Å². The number of carboxylic acids is 1. The van der Waals surface area contributed by atoms with E-state index in [0.29, 0.717) is 11.8 Å². The van der Waals surface area contributed by atoms with Gasteiger partial charge in [-0.1, -0.05) is 12.1 Å². The minimum atomic E-state index is -1.54. The summed E-state index contributed by atoms with van der Waals surface area (Å²) in [5.74, 6) is -1.22. The van der Waals surface area contributed by atoms with Gasteiger partial charge in [-0.05, 0) is 12.1 Å². The van der Waals surface area contributed by atoms with Gasteiger partial charge in [-0.2, -0.15) is 0 Å². The highest BCUT2D eigenvalue weighted by molar-refractivity contribution is 5.99. The molecule has 0 bridgehead atoms. The van der Waals surface area contributed by atoms with Gasteiger partial charge in [-0.25, -0.2) is 4.79 Å². The van der Waals surface area contributed by atoms with Crippen LogP contribution in [0.4, 0.5) is 22.7 Å². The van der Waals surface area contributed by atoms with E-state index in [2.05, 4.69) is 5.32 Å². The fourth-order valence-corrected chi connectivity index (χ4v) is 2.04. The standard InChI is InChI=1S/C14H11N3O7/c1-24-12-5-3-2-4-10(12)15-13-9(14(18)19)6-8(16(20)21)7-11(13)17(22)23/h2-7,15H,1H3,(H,18,19). The maximum absolute atomic E-state index is 11.4. The fraction of sp³-hybridized carbons (Fsp3) is 0.0714. The monoisotopic (exact) mass is 333 g/mol. The average molecular weight is 333 g/mol. The van der Waals surface area contributed by atoms with Crippen molar-refractivity contribution in [3.05, 3.63) is 62.2 Å². The third-order valence-corrected chi connectivity index (χ3v) is 3.11. The van der Waals surface area contributed by atoms with Crippen molar-refractivity contribution in [1.82, 2.24) is 0 Å². The van der Waals surface area contributed by atoms with Crippen molar-refractivity contribution in [2.24, 2.45) is 0 Å². The number of rotatable bonds is 6. The second-order valence-corrected chi connectivity index (χ2v) is 4.53. The number of hydrogen-bond acceptors (Lipinski definition) is 7. The Hall–Kier alpha value is -3.69. The van der Waals surface area contributed by atoms with Crippen LogP contribution in [-0.4, -0.2) is 28.0 Å². The maximum atomic E-state index is 11.4. The first-order valence-electron chi connectivity index (χ1n) is 6.45. The molecule has 0 aromatic heterocycles. The number of nitro groups is 2. The molecule has 0 aliphatic heterocycles. The molecular weight excluding hydrogens is 322 g/mol. The van der Waals surface area contributed by atoms with Gasteiger partial charge in [-0.15, -0.1) is 0 Å². The highest BCUT2D eigenvalue weighted by Gasteiger charge is 2.28. The van der Waals surface area contributed by atoms with Crippen molar-refractivity contribution < 1.29 is 24.5 Å². The lowest BCUT2D eigenvalue weighted by Crippen LogP contribution is -2.08. The molecule has 0 saturated heterocycles. The molecule has 0 aliphatic rings. The lowest BCUT2D eigenvalue weighted by molar-refractivity contribution is -0.393. The van der Waals surface area contributed by atoms with Crippen molar-refractivity contribution >= 4 is 28.7 Å². The number of benzene rings is 2. The van der Waals surface area contributed by atoms with Gasteiger partial charge in [0, 0.05) is 6.07 Å². The zero-order valence-corrected chi connectivity index (χ0v) is 12.3. The molecule has 0 spiro atoms. The number of ether oxygens (including phenoxy) is 1. The number of nitrogens with one attached hydrogen (secondary N) is 1. The maximum Gasteiger partial charge on any atom is 0.338 e. The predicted octanol–water partition coefficient (Wildman–Crippen LogP) is 2.95. The van der Waals surface area contributed by atoms with E-state index in [4.69, 9.17) is 4.74 Å². The van der Waals surface area contributed by atoms with E-state index in [1.165, 1.54) is 13.2 Å². The Morgan fingerprint density at radius 1 is 1.17 bits per heavy atom. The summed E-state index contributed by atoms with van der Waals surface area (Å²) in [6.07, 6.45) is 0. The van der Waals surface area contributed by atoms with Gasteiger partial charge in [0.1, 0.15) is 11.4 Å². The number of carbonyl (C=O) groups is 1. The number of aromatic carboxylic acids is 1. The van der Waals surface area contributed by atoms with Crippen molar-refractivity contribution in [1.29, 1.82) is 0 Å². The summed E-state index contributed by atoms with van der Waals surface area (Å²) < 4.78 is 5.09. The van der Waals surface area contributed by atoms with Gasteiger partial charge in [0.05, 0.1) is 34.3 Å². The number of anilines is 2. The molecule has 24 heavy (non-hydrogen) atoms. The molecule has 0 atom stereocenters. The van der Waals surface area contributed by atoms with Gasteiger partial charge in [-0.3, -0.25) is 20.2 Å². The molecule has 10 heteroatoms. The number of nitrogens with zero attached hydrogens (tertiary/aromatic N) is 2. The molecular formula is C14H11N3O7. The van der Waals surface area contributed by atoms with E-state index < -0.39 is 32.8 Å². The topological polar surface area (TPSA) is 145 Å². The average Bonchev–Trinajstić information content (AvgIpc) is 2.54. The van der Waals surface area contributed by atoms with E-state index in [1.54, 1.807) is 18.2 Å². The first kappa shape index (κ1) is 16.7. The summed E-state index contributed by atoms with van der Waals surface area (Å²) in [7, 11) is 1.38. The van der Waals surface area contributed by atoms with Gasteiger partial charge in [0.2, 0.25) is 0 Å². The molecule has 0 fully saturated rings. The third-order valence-electron chi connectivity index (χ3n) is 3.11. The van der Waals surface area contributed by atoms with Gasteiger partial charge in [0.15, 0.2) is 0 Å². The van der Waals surface area contributed by atoms with E-state index in [0.717, 1.165) is 6.07 Å². The molecule has 2 rings (SSSR count). The van der Waals surface area contributed by atoms with Crippen LogP contribution in [0.25, 0.3) is 0 Å². The Bertz CT molecular complexity index is 800. The molecule has 2 aromatic rings. The van der Waals surface area contributed by atoms with Crippen LogP contribution in [-0.2, 0) is 0 Å². The first-order chi connectivity index (χ1) is 11.3. The van der Waals surface area contributed by atoms with Crippen molar-refractivity contribution in [2.45, 2.75) is 0 Å². The fourth-order valence-electron chi connectivity index (χ4n) is 2.04. The number of para-hydroxylation sites is 2. The molecule has 0 radical (unpaired) electrons. The van der Waals surface area contributed by atoms with E-state index in [9.17, 15) is 30.1 Å². The van der Waals surface area contributed by atoms with Crippen LogP contribution in [0.15, 0.2) is 36.4 Å². The zero-order chi connectivity index (χ0) is 17.9.